The lowest BCUT2D eigenvalue weighted by Gasteiger charge is -2.34. The summed E-state index contributed by atoms with van der Waals surface area (Å²) in [7, 11) is 0. The van der Waals surface area contributed by atoms with E-state index in [1.54, 1.807) is 0 Å². The molecule has 0 aromatic heterocycles. The minimum Gasteiger partial charge on any atom is -0.310 e. The van der Waals surface area contributed by atoms with Crippen LogP contribution in [-0.4, -0.2) is 0 Å². The lowest BCUT2D eigenvalue weighted by Crippen LogP contribution is -2.28. The zero-order valence-corrected chi connectivity index (χ0v) is 34.1. The normalized spacial score (nSPS) is 12.6. The Kier molecular flexibility index (Phi) is 8.47. The number of benzene rings is 11. The van der Waals surface area contributed by atoms with Gasteiger partial charge in [0.1, 0.15) is 0 Å². The number of anilines is 3. The van der Waals surface area contributed by atoms with Gasteiger partial charge in [-0.15, -0.1) is 0 Å². The average molecular weight is 788 g/mol. The van der Waals surface area contributed by atoms with Crippen LogP contribution in [0.3, 0.4) is 0 Å². The predicted molar refractivity (Wildman–Crippen MR) is 262 cm³/mol. The number of rotatable bonds is 7. The van der Waals surface area contributed by atoms with Gasteiger partial charge in [-0.25, -0.2) is 0 Å². The van der Waals surface area contributed by atoms with E-state index in [0.717, 1.165) is 17.1 Å². The molecule has 11 aromatic rings. The smallest absolute Gasteiger partial charge is 0.0714 e. The fourth-order valence-corrected chi connectivity index (χ4v) is 10.4. The van der Waals surface area contributed by atoms with E-state index in [-0.39, 0.29) is 0 Å². The number of fused-ring (bicyclic) bond motifs is 7. The molecule has 0 bridgehead atoms. The van der Waals surface area contributed by atoms with Gasteiger partial charge in [0.15, 0.2) is 0 Å². The third-order valence-corrected chi connectivity index (χ3v) is 13.1. The monoisotopic (exact) mass is 787 g/mol. The molecule has 0 atom stereocenters. The Morgan fingerprint density at radius 2 is 0.790 bits per heavy atom. The van der Waals surface area contributed by atoms with Gasteiger partial charge in [0.25, 0.3) is 0 Å². The molecule has 0 aliphatic heterocycles. The van der Waals surface area contributed by atoms with Gasteiger partial charge in [-0.2, -0.15) is 0 Å². The van der Waals surface area contributed by atoms with Crippen LogP contribution in [0.15, 0.2) is 249 Å². The quantitative estimate of drug-likeness (QED) is 0.145. The second-order valence-corrected chi connectivity index (χ2v) is 16.4. The van der Waals surface area contributed by atoms with Crippen molar-refractivity contribution in [2.75, 3.05) is 4.90 Å². The third kappa shape index (κ3) is 5.63. The van der Waals surface area contributed by atoms with Crippen LogP contribution in [0.4, 0.5) is 17.1 Å². The molecule has 12 rings (SSSR count). The van der Waals surface area contributed by atoms with Crippen LogP contribution >= 0.6 is 0 Å². The number of nitrogens with zero attached hydrogens (tertiary/aromatic N) is 1. The lowest BCUT2D eigenvalue weighted by molar-refractivity contribution is 0.768. The molecule has 0 fully saturated rings. The first-order chi connectivity index (χ1) is 30.8. The largest absolute Gasteiger partial charge is 0.310 e. The third-order valence-electron chi connectivity index (χ3n) is 13.1. The van der Waals surface area contributed by atoms with Crippen molar-refractivity contribution in [2.24, 2.45) is 0 Å². The van der Waals surface area contributed by atoms with Crippen LogP contribution in [0.1, 0.15) is 22.3 Å². The van der Waals surface area contributed by atoms with Gasteiger partial charge in [-0.3, -0.25) is 0 Å². The Labute approximate surface area is 362 Å². The standard InChI is InChI=1S/C61H41N/c1-3-18-48(19-4-1)61(49-20-5-2-6-21-49)57-26-12-11-24-56(57)60-58(61)27-14-28-59(60)62(51-38-33-45(34-39-51)54-25-13-17-43-15-7-9-22-52(43)54)50-36-31-42(32-37-50)46-35-40-55-47(41-46)30-29-44-16-8-10-23-53(44)55/h1-41H. The SMILES string of the molecule is c1ccc(C2(c3ccccc3)c3ccccc3-c3c(N(c4ccc(-c5ccc6c(ccc7ccccc76)c5)cc4)c4ccc(-c5cccc6ccccc56)cc4)cccc32)cc1. The van der Waals surface area contributed by atoms with E-state index in [4.69, 9.17) is 0 Å². The van der Waals surface area contributed by atoms with E-state index >= 15 is 0 Å². The molecule has 0 radical (unpaired) electrons. The van der Waals surface area contributed by atoms with Gasteiger partial charge >= 0.3 is 0 Å². The second kappa shape index (κ2) is 14.6. The van der Waals surface area contributed by atoms with Gasteiger partial charge in [0, 0.05) is 16.9 Å². The van der Waals surface area contributed by atoms with E-state index in [2.05, 4.69) is 254 Å². The molecule has 0 saturated heterocycles. The van der Waals surface area contributed by atoms with Gasteiger partial charge in [0.2, 0.25) is 0 Å². The first kappa shape index (κ1) is 35.9. The molecule has 290 valence electrons. The van der Waals surface area contributed by atoms with E-state index in [9.17, 15) is 0 Å². The fourth-order valence-electron chi connectivity index (χ4n) is 10.4. The van der Waals surface area contributed by atoms with Crippen molar-refractivity contribution in [2.45, 2.75) is 5.41 Å². The molecule has 0 saturated carbocycles. The second-order valence-electron chi connectivity index (χ2n) is 16.4. The van der Waals surface area contributed by atoms with Crippen LogP contribution in [-0.2, 0) is 5.41 Å². The minimum absolute atomic E-state index is 0.500. The van der Waals surface area contributed by atoms with Crippen LogP contribution in [0.25, 0.3) is 65.7 Å². The summed E-state index contributed by atoms with van der Waals surface area (Å²) in [6, 6.07) is 91.6. The summed E-state index contributed by atoms with van der Waals surface area (Å²) in [5, 5.41) is 7.58. The molecule has 0 unspecified atom stereocenters. The summed E-state index contributed by atoms with van der Waals surface area (Å²) < 4.78 is 0. The summed E-state index contributed by atoms with van der Waals surface area (Å²) in [5.74, 6) is 0. The Balaban J connectivity index is 1.05. The molecule has 0 amide bonds. The summed E-state index contributed by atoms with van der Waals surface area (Å²) in [5.41, 5.74) is 15.3. The van der Waals surface area contributed by atoms with Crippen LogP contribution in [0.2, 0.25) is 0 Å². The summed E-state index contributed by atoms with van der Waals surface area (Å²) in [4.78, 5) is 2.46. The highest BCUT2D eigenvalue weighted by Gasteiger charge is 2.47. The topological polar surface area (TPSA) is 3.24 Å². The van der Waals surface area contributed by atoms with Crippen molar-refractivity contribution in [1.82, 2.24) is 0 Å². The Bertz CT molecular complexity index is 3400. The van der Waals surface area contributed by atoms with Crippen molar-refractivity contribution in [3.63, 3.8) is 0 Å². The van der Waals surface area contributed by atoms with Crippen molar-refractivity contribution in [3.05, 3.63) is 271 Å². The van der Waals surface area contributed by atoms with Gasteiger partial charge in [0.05, 0.1) is 11.1 Å². The molecule has 11 aromatic carbocycles. The predicted octanol–water partition coefficient (Wildman–Crippen LogP) is 16.3. The van der Waals surface area contributed by atoms with E-state index in [1.807, 2.05) is 0 Å². The Morgan fingerprint density at radius 3 is 1.52 bits per heavy atom. The van der Waals surface area contributed by atoms with Crippen LogP contribution in [0.5, 0.6) is 0 Å². The van der Waals surface area contributed by atoms with Crippen molar-refractivity contribution in [3.8, 4) is 33.4 Å². The van der Waals surface area contributed by atoms with Gasteiger partial charge in [-0.1, -0.05) is 212 Å². The average Bonchev–Trinajstić information content (AvgIpc) is 3.66. The molecule has 1 aliphatic carbocycles. The summed E-state index contributed by atoms with van der Waals surface area (Å²) >= 11 is 0. The Morgan fingerprint density at radius 1 is 0.290 bits per heavy atom. The van der Waals surface area contributed by atoms with E-state index in [1.165, 1.54) is 88.0 Å². The zero-order valence-electron chi connectivity index (χ0n) is 34.1. The van der Waals surface area contributed by atoms with Crippen molar-refractivity contribution >= 4 is 49.4 Å². The molecule has 0 spiro atoms. The van der Waals surface area contributed by atoms with Gasteiger partial charge < -0.3 is 4.90 Å². The maximum atomic E-state index is 2.46. The maximum absolute atomic E-state index is 2.46. The highest BCUT2D eigenvalue weighted by molar-refractivity contribution is 6.08. The summed E-state index contributed by atoms with van der Waals surface area (Å²) in [6.45, 7) is 0. The molecule has 1 nitrogen and oxygen atoms in total. The first-order valence-corrected chi connectivity index (χ1v) is 21.5. The number of hydrogen-bond acceptors (Lipinski definition) is 1. The zero-order chi connectivity index (χ0) is 41.0. The first-order valence-electron chi connectivity index (χ1n) is 21.5. The molecule has 62 heavy (non-hydrogen) atoms. The van der Waals surface area contributed by atoms with E-state index < -0.39 is 5.41 Å². The van der Waals surface area contributed by atoms with Crippen molar-refractivity contribution in [1.29, 1.82) is 0 Å². The maximum Gasteiger partial charge on any atom is 0.0714 e. The lowest BCUT2D eigenvalue weighted by atomic mass is 9.68. The van der Waals surface area contributed by atoms with E-state index in [0.29, 0.717) is 0 Å². The molecular formula is C61H41N. The van der Waals surface area contributed by atoms with Crippen LogP contribution in [0, 0.1) is 0 Å². The molecule has 1 aliphatic rings. The van der Waals surface area contributed by atoms with Crippen LogP contribution < -0.4 is 4.90 Å². The molecule has 0 N–H and O–H groups in total. The van der Waals surface area contributed by atoms with Gasteiger partial charge in [-0.05, 0) is 119 Å². The fraction of sp³-hybridized carbons (Fsp3) is 0.0164. The van der Waals surface area contributed by atoms with Crippen molar-refractivity contribution < 1.29 is 0 Å². The summed E-state index contributed by atoms with van der Waals surface area (Å²) in [6.07, 6.45) is 0. The minimum atomic E-state index is -0.500. The number of hydrogen-bond donors (Lipinski definition) is 0. The molecular weight excluding hydrogens is 747 g/mol. The highest BCUT2D eigenvalue weighted by atomic mass is 15.1. The molecule has 1 heteroatoms. The highest BCUT2D eigenvalue weighted by Crippen LogP contribution is 2.59. The Hall–Kier alpha value is -8.00. The molecule has 0 heterocycles.